The molecule has 14 heavy (non-hydrogen) atoms. The lowest BCUT2D eigenvalue weighted by Gasteiger charge is -2.05. The van der Waals surface area contributed by atoms with Crippen LogP contribution in [0.15, 0.2) is 12.7 Å². The van der Waals surface area contributed by atoms with Gasteiger partial charge in [-0.1, -0.05) is 6.08 Å². The Bertz CT molecular complexity index is 160. The van der Waals surface area contributed by atoms with Gasteiger partial charge in [-0.15, -0.1) is 6.58 Å². The van der Waals surface area contributed by atoms with E-state index in [0.29, 0.717) is 32.8 Å². The van der Waals surface area contributed by atoms with E-state index >= 15 is 0 Å². The zero-order chi connectivity index (χ0) is 10.6. The van der Waals surface area contributed by atoms with Crippen LogP contribution in [0.4, 0.5) is 0 Å². The number of carbonyl (C=O) groups is 1. The number of ether oxygens (including phenoxy) is 1. The molecule has 4 nitrogen and oxygen atoms in total. The molecule has 0 bridgehead atoms. The fourth-order valence-electron chi connectivity index (χ4n) is 0.875. The molecule has 0 aromatic heterocycles. The molecule has 0 unspecified atom stereocenters. The maximum atomic E-state index is 11.0. The molecule has 2 N–H and O–H groups in total. The Morgan fingerprint density at radius 1 is 1.50 bits per heavy atom. The minimum atomic E-state index is 0.0265. The summed E-state index contributed by atoms with van der Waals surface area (Å²) in [4.78, 5) is 11.0. The fraction of sp³-hybridized carbons (Fsp3) is 0.700. The van der Waals surface area contributed by atoms with Gasteiger partial charge in [0, 0.05) is 13.1 Å². The molecule has 0 fully saturated rings. The molecule has 0 aliphatic carbocycles. The van der Waals surface area contributed by atoms with Crippen LogP contribution in [0.1, 0.15) is 13.3 Å². The van der Waals surface area contributed by atoms with Gasteiger partial charge < -0.3 is 15.4 Å². The summed E-state index contributed by atoms with van der Waals surface area (Å²) in [6.45, 7) is 8.56. The maximum Gasteiger partial charge on any atom is 0.233 e. The predicted molar refractivity (Wildman–Crippen MR) is 57.2 cm³/mol. The average molecular weight is 200 g/mol. The molecule has 1 amide bonds. The van der Waals surface area contributed by atoms with Crippen molar-refractivity contribution in [3.63, 3.8) is 0 Å². The largest absolute Gasteiger partial charge is 0.380 e. The molecule has 0 heterocycles. The van der Waals surface area contributed by atoms with E-state index in [1.165, 1.54) is 0 Å². The quantitative estimate of drug-likeness (QED) is 0.416. The first kappa shape index (κ1) is 13.1. The van der Waals surface area contributed by atoms with Crippen LogP contribution in [0.2, 0.25) is 0 Å². The average Bonchev–Trinajstić information content (AvgIpc) is 2.17. The summed E-state index contributed by atoms with van der Waals surface area (Å²) in [7, 11) is 0. The highest BCUT2D eigenvalue weighted by atomic mass is 16.5. The molecule has 0 rings (SSSR count). The summed E-state index contributed by atoms with van der Waals surface area (Å²) in [5, 5.41) is 5.69. The molecule has 0 aromatic carbocycles. The molecule has 0 saturated heterocycles. The number of likely N-dealkylation sites (N-methyl/N-ethyl adjacent to an activating group) is 1. The van der Waals surface area contributed by atoms with E-state index < -0.39 is 0 Å². The normalized spacial score (nSPS) is 9.79. The zero-order valence-corrected chi connectivity index (χ0v) is 8.84. The van der Waals surface area contributed by atoms with E-state index in [9.17, 15) is 4.79 Å². The monoisotopic (exact) mass is 200 g/mol. The van der Waals surface area contributed by atoms with Gasteiger partial charge in [0.05, 0.1) is 19.8 Å². The van der Waals surface area contributed by atoms with Crippen LogP contribution in [0.3, 0.4) is 0 Å². The van der Waals surface area contributed by atoms with Gasteiger partial charge in [0.15, 0.2) is 0 Å². The van der Waals surface area contributed by atoms with Gasteiger partial charge in [-0.3, -0.25) is 4.79 Å². The van der Waals surface area contributed by atoms with Gasteiger partial charge >= 0.3 is 0 Å². The van der Waals surface area contributed by atoms with Crippen molar-refractivity contribution in [1.29, 1.82) is 0 Å². The second kappa shape index (κ2) is 10.2. The Morgan fingerprint density at radius 2 is 2.29 bits per heavy atom. The van der Waals surface area contributed by atoms with Crippen molar-refractivity contribution in [1.82, 2.24) is 10.6 Å². The summed E-state index contributed by atoms with van der Waals surface area (Å²) < 4.78 is 5.25. The molecular formula is C10H20N2O2. The summed E-state index contributed by atoms with van der Waals surface area (Å²) in [6, 6.07) is 0. The summed E-state index contributed by atoms with van der Waals surface area (Å²) in [5.41, 5.74) is 0. The summed E-state index contributed by atoms with van der Waals surface area (Å²) in [5.74, 6) is 0.0265. The van der Waals surface area contributed by atoms with Gasteiger partial charge in [0.25, 0.3) is 0 Å². The summed E-state index contributed by atoms with van der Waals surface area (Å²) >= 11 is 0. The SMILES string of the molecule is C=CCCOCCNCC(=O)NCC. The van der Waals surface area contributed by atoms with Gasteiger partial charge in [-0.2, -0.15) is 0 Å². The van der Waals surface area contributed by atoms with E-state index in [2.05, 4.69) is 17.2 Å². The van der Waals surface area contributed by atoms with Gasteiger partial charge in [0.1, 0.15) is 0 Å². The molecule has 0 radical (unpaired) electrons. The van der Waals surface area contributed by atoms with E-state index in [1.807, 2.05) is 13.0 Å². The number of amides is 1. The highest BCUT2D eigenvalue weighted by Crippen LogP contribution is 1.81. The van der Waals surface area contributed by atoms with Gasteiger partial charge in [-0.05, 0) is 13.3 Å². The lowest BCUT2D eigenvalue weighted by Crippen LogP contribution is -2.35. The molecular weight excluding hydrogens is 180 g/mol. The van der Waals surface area contributed by atoms with Crippen molar-refractivity contribution >= 4 is 5.91 Å². The van der Waals surface area contributed by atoms with E-state index in [4.69, 9.17) is 4.74 Å². The zero-order valence-electron chi connectivity index (χ0n) is 8.84. The number of carbonyl (C=O) groups excluding carboxylic acids is 1. The first-order chi connectivity index (χ1) is 6.81. The lowest BCUT2D eigenvalue weighted by atomic mass is 10.4. The summed E-state index contributed by atoms with van der Waals surface area (Å²) in [6.07, 6.45) is 2.69. The minimum absolute atomic E-state index is 0.0265. The predicted octanol–water partition coefficient (Wildman–Crippen LogP) is 0.305. The lowest BCUT2D eigenvalue weighted by molar-refractivity contribution is -0.120. The molecule has 0 aromatic rings. The van der Waals surface area contributed by atoms with Crippen LogP contribution < -0.4 is 10.6 Å². The van der Waals surface area contributed by atoms with Gasteiger partial charge in [0.2, 0.25) is 5.91 Å². The van der Waals surface area contributed by atoms with Crippen LogP contribution >= 0.6 is 0 Å². The third-order valence-corrected chi connectivity index (χ3v) is 1.55. The third-order valence-electron chi connectivity index (χ3n) is 1.55. The topological polar surface area (TPSA) is 50.4 Å². The van der Waals surface area contributed by atoms with Crippen molar-refractivity contribution in [3.8, 4) is 0 Å². The maximum absolute atomic E-state index is 11.0. The number of hydrogen-bond donors (Lipinski definition) is 2. The Labute approximate surface area is 85.7 Å². The fourth-order valence-corrected chi connectivity index (χ4v) is 0.875. The molecule has 82 valence electrons. The first-order valence-electron chi connectivity index (χ1n) is 4.97. The van der Waals surface area contributed by atoms with Crippen LogP contribution in [-0.4, -0.2) is 38.8 Å². The third kappa shape index (κ3) is 9.22. The number of hydrogen-bond acceptors (Lipinski definition) is 3. The minimum Gasteiger partial charge on any atom is -0.380 e. The molecule has 0 atom stereocenters. The smallest absolute Gasteiger partial charge is 0.233 e. The van der Waals surface area contributed by atoms with E-state index in [1.54, 1.807) is 0 Å². The Balaban J connectivity index is 3.05. The highest BCUT2D eigenvalue weighted by Gasteiger charge is 1.96. The van der Waals surface area contributed by atoms with E-state index in [0.717, 1.165) is 6.42 Å². The van der Waals surface area contributed by atoms with Crippen molar-refractivity contribution in [2.75, 3.05) is 32.8 Å². The van der Waals surface area contributed by atoms with Crippen LogP contribution in [0.25, 0.3) is 0 Å². The molecule has 0 aliphatic heterocycles. The first-order valence-corrected chi connectivity index (χ1v) is 4.97. The van der Waals surface area contributed by atoms with Crippen LogP contribution in [-0.2, 0) is 9.53 Å². The van der Waals surface area contributed by atoms with E-state index in [-0.39, 0.29) is 5.91 Å². The number of rotatable bonds is 9. The highest BCUT2D eigenvalue weighted by molar-refractivity contribution is 5.77. The Hall–Kier alpha value is -0.870. The van der Waals surface area contributed by atoms with Gasteiger partial charge in [-0.25, -0.2) is 0 Å². The molecule has 0 saturated carbocycles. The van der Waals surface area contributed by atoms with Crippen LogP contribution in [0, 0.1) is 0 Å². The molecule has 0 aliphatic rings. The van der Waals surface area contributed by atoms with Crippen molar-refractivity contribution < 1.29 is 9.53 Å². The van der Waals surface area contributed by atoms with Crippen LogP contribution in [0.5, 0.6) is 0 Å². The molecule has 4 heteroatoms. The molecule has 0 spiro atoms. The standard InChI is InChI=1S/C10H20N2O2/c1-3-5-7-14-8-6-11-9-10(13)12-4-2/h3,11H,1,4-9H2,2H3,(H,12,13). The van der Waals surface area contributed by atoms with Crippen molar-refractivity contribution in [3.05, 3.63) is 12.7 Å². The second-order valence-electron chi connectivity index (χ2n) is 2.82. The Kier molecular flexibility index (Phi) is 9.58. The second-order valence-corrected chi connectivity index (χ2v) is 2.82. The van der Waals surface area contributed by atoms with Crippen molar-refractivity contribution in [2.24, 2.45) is 0 Å². The van der Waals surface area contributed by atoms with Crippen molar-refractivity contribution in [2.45, 2.75) is 13.3 Å². The number of nitrogens with one attached hydrogen (secondary N) is 2. The Morgan fingerprint density at radius 3 is 2.93 bits per heavy atom.